The number of rotatable bonds is 3. The van der Waals surface area contributed by atoms with Crippen molar-refractivity contribution in [1.29, 1.82) is 0 Å². The van der Waals surface area contributed by atoms with Crippen molar-refractivity contribution in [2.24, 2.45) is 0 Å². The topological polar surface area (TPSA) is 40.6 Å². The molecule has 1 fully saturated rings. The van der Waals surface area contributed by atoms with Gasteiger partial charge in [-0.3, -0.25) is 0 Å². The van der Waals surface area contributed by atoms with Crippen LogP contribution in [0.25, 0.3) is 0 Å². The van der Waals surface area contributed by atoms with E-state index < -0.39 is 10.0 Å². The Hall–Kier alpha value is -1.56. The number of nitrogens with zero attached hydrogens (tertiary/aromatic N) is 2. The monoisotopic (exact) mass is 378 g/mol. The Bertz CT molecular complexity index is 848. The Morgan fingerprint density at radius 1 is 0.880 bits per heavy atom. The average molecular weight is 379 g/mol. The molecular formula is C19H23ClN2O2S. The van der Waals surface area contributed by atoms with Crippen LogP contribution in [-0.2, 0) is 10.0 Å². The molecule has 1 saturated heterocycles. The molecule has 25 heavy (non-hydrogen) atoms. The van der Waals surface area contributed by atoms with Gasteiger partial charge in [0, 0.05) is 36.9 Å². The minimum atomic E-state index is -3.47. The minimum Gasteiger partial charge on any atom is -0.369 e. The number of piperazine rings is 1. The van der Waals surface area contributed by atoms with Crippen LogP contribution in [0.15, 0.2) is 41.3 Å². The van der Waals surface area contributed by atoms with Gasteiger partial charge in [-0.25, -0.2) is 8.42 Å². The summed E-state index contributed by atoms with van der Waals surface area (Å²) in [4.78, 5) is 2.65. The molecule has 1 heterocycles. The number of halogens is 1. The van der Waals surface area contributed by atoms with Gasteiger partial charge in [0.2, 0.25) is 10.0 Å². The highest BCUT2D eigenvalue weighted by molar-refractivity contribution is 7.89. The summed E-state index contributed by atoms with van der Waals surface area (Å²) >= 11 is 5.94. The first-order valence-electron chi connectivity index (χ1n) is 8.37. The molecule has 0 spiro atoms. The van der Waals surface area contributed by atoms with Crippen LogP contribution in [0, 0.1) is 20.8 Å². The molecular weight excluding hydrogens is 356 g/mol. The van der Waals surface area contributed by atoms with E-state index in [0.29, 0.717) is 36.1 Å². The van der Waals surface area contributed by atoms with E-state index >= 15 is 0 Å². The highest BCUT2D eigenvalue weighted by atomic mass is 35.5. The maximum absolute atomic E-state index is 13.1. The first kappa shape index (κ1) is 18.2. The standard InChI is InChI=1S/C19H23ClN2O2S/c1-14-12-15(2)19(16(3)13-14)25(23,24)22-10-8-21(9-11-22)18-6-4-17(20)5-7-18/h4-7,12-13H,8-11H2,1-3H3. The van der Waals surface area contributed by atoms with E-state index in [1.165, 1.54) is 0 Å². The summed E-state index contributed by atoms with van der Waals surface area (Å²) in [6.45, 7) is 8.04. The van der Waals surface area contributed by atoms with Crippen molar-refractivity contribution in [3.8, 4) is 0 Å². The lowest BCUT2D eigenvalue weighted by molar-refractivity contribution is 0.384. The van der Waals surface area contributed by atoms with Crippen molar-refractivity contribution in [3.63, 3.8) is 0 Å². The lowest BCUT2D eigenvalue weighted by Crippen LogP contribution is -2.48. The van der Waals surface area contributed by atoms with E-state index in [2.05, 4.69) is 4.90 Å². The van der Waals surface area contributed by atoms with Gasteiger partial charge >= 0.3 is 0 Å². The lowest BCUT2D eigenvalue weighted by atomic mass is 10.1. The van der Waals surface area contributed by atoms with Gasteiger partial charge in [-0.1, -0.05) is 29.3 Å². The van der Waals surface area contributed by atoms with Crippen molar-refractivity contribution in [1.82, 2.24) is 4.31 Å². The molecule has 0 radical (unpaired) electrons. The largest absolute Gasteiger partial charge is 0.369 e. The molecule has 0 amide bonds. The zero-order chi connectivity index (χ0) is 18.2. The van der Waals surface area contributed by atoms with E-state index in [1.807, 2.05) is 57.2 Å². The molecule has 0 atom stereocenters. The van der Waals surface area contributed by atoms with Crippen LogP contribution in [0.3, 0.4) is 0 Å². The maximum atomic E-state index is 13.1. The van der Waals surface area contributed by atoms with Crippen LogP contribution in [0.2, 0.25) is 5.02 Å². The maximum Gasteiger partial charge on any atom is 0.243 e. The van der Waals surface area contributed by atoms with Gasteiger partial charge in [0.1, 0.15) is 0 Å². The third-order valence-electron chi connectivity index (χ3n) is 4.63. The van der Waals surface area contributed by atoms with E-state index in [4.69, 9.17) is 11.6 Å². The van der Waals surface area contributed by atoms with Crippen LogP contribution in [0.1, 0.15) is 16.7 Å². The normalized spacial score (nSPS) is 16.2. The lowest BCUT2D eigenvalue weighted by Gasteiger charge is -2.36. The molecule has 2 aromatic rings. The third-order valence-corrected chi connectivity index (χ3v) is 7.09. The molecule has 1 aliphatic heterocycles. The second-order valence-corrected chi connectivity index (χ2v) is 8.91. The van der Waals surface area contributed by atoms with E-state index in [0.717, 1.165) is 22.4 Å². The quantitative estimate of drug-likeness (QED) is 0.816. The first-order valence-corrected chi connectivity index (χ1v) is 10.2. The Balaban J connectivity index is 1.79. The Morgan fingerprint density at radius 3 is 1.92 bits per heavy atom. The fraction of sp³-hybridized carbons (Fsp3) is 0.368. The molecule has 2 aromatic carbocycles. The van der Waals surface area contributed by atoms with Gasteiger partial charge in [-0.2, -0.15) is 4.31 Å². The van der Waals surface area contributed by atoms with Crippen molar-refractivity contribution >= 4 is 27.3 Å². The van der Waals surface area contributed by atoms with E-state index in [9.17, 15) is 8.42 Å². The summed E-state index contributed by atoms with van der Waals surface area (Å²) in [5, 5.41) is 0.704. The fourth-order valence-corrected chi connectivity index (χ4v) is 5.50. The van der Waals surface area contributed by atoms with Crippen molar-refractivity contribution in [2.45, 2.75) is 25.7 Å². The molecule has 0 unspecified atom stereocenters. The summed E-state index contributed by atoms with van der Waals surface area (Å²) in [6, 6.07) is 11.5. The summed E-state index contributed by atoms with van der Waals surface area (Å²) in [7, 11) is -3.47. The second kappa shape index (κ2) is 6.98. The van der Waals surface area contributed by atoms with Gasteiger partial charge in [-0.05, 0) is 56.2 Å². The fourth-order valence-electron chi connectivity index (χ4n) is 3.54. The number of sulfonamides is 1. The van der Waals surface area contributed by atoms with Gasteiger partial charge in [0.25, 0.3) is 0 Å². The predicted molar refractivity (Wildman–Crippen MR) is 103 cm³/mol. The number of hydrogen-bond acceptors (Lipinski definition) is 3. The Labute approximate surface area is 155 Å². The number of aryl methyl sites for hydroxylation is 3. The SMILES string of the molecule is Cc1cc(C)c(S(=O)(=O)N2CCN(c3ccc(Cl)cc3)CC2)c(C)c1. The molecule has 0 aliphatic carbocycles. The highest BCUT2D eigenvalue weighted by Gasteiger charge is 2.30. The number of hydrogen-bond donors (Lipinski definition) is 0. The summed E-state index contributed by atoms with van der Waals surface area (Å²) in [5.74, 6) is 0. The predicted octanol–water partition coefficient (Wildman–Crippen LogP) is 3.78. The van der Waals surface area contributed by atoms with Crippen molar-refractivity contribution in [3.05, 3.63) is 58.1 Å². The Morgan fingerprint density at radius 2 is 1.40 bits per heavy atom. The van der Waals surface area contributed by atoms with Gasteiger partial charge in [0.15, 0.2) is 0 Å². The van der Waals surface area contributed by atoms with Crippen LogP contribution >= 0.6 is 11.6 Å². The first-order chi connectivity index (χ1) is 11.8. The molecule has 4 nitrogen and oxygen atoms in total. The van der Waals surface area contributed by atoms with E-state index in [-0.39, 0.29) is 0 Å². The third kappa shape index (κ3) is 3.68. The molecule has 0 saturated carbocycles. The van der Waals surface area contributed by atoms with Gasteiger partial charge in [-0.15, -0.1) is 0 Å². The molecule has 0 N–H and O–H groups in total. The molecule has 6 heteroatoms. The molecule has 134 valence electrons. The van der Waals surface area contributed by atoms with Crippen LogP contribution in [-0.4, -0.2) is 38.9 Å². The summed E-state index contributed by atoms with van der Waals surface area (Å²) in [5.41, 5.74) is 3.79. The molecule has 0 aromatic heterocycles. The zero-order valence-corrected chi connectivity index (χ0v) is 16.4. The van der Waals surface area contributed by atoms with Crippen LogP contribution < -0.4 is 4.90 Å². The van der Waals surface area contributed by atoms with Crippen molar-refractivity contribution in [2.75, 3.05) is 31.1 Å². The van der Waals surface area contributed by atoms with Crippen LogP contribution in [0.5, 0.6) is 0 Å². The minimum absolute atomic E-state index is 0.457. The second-order valence-electron chi connectivity index (χ2n) is 6.60. The van der Waals surface area contributed by atoms with Crippen LogP contribution in [0.4, 0.5) is 5.69 Å². The molecule has 1 aliphatic rings. The number of anilines is 1. The van der Waals surface area contributed by atoms with Gasteiger partial charge < -0.3 is 4.90 Å². The van der Waals surface area contributed by atoms with Gasteiger partial charge in [0.05, 0.1) is 4.90 Å². The molecule has 3 rings (SSSR count). The Kier molecular flexibility index (Phi) is 5.09. The summed E-state index contributed by atoms with van der Waals surface area (Å²) < 4.78 is 27.8. The van der Waals surface area contributed by atoms with E-state index in [1.54, 1.807) is 4.31 Å². The number of benzene rings is 2. The zero-order valence-electron chi connectivity index (χ0n) is 14.8. The summed E-state index contributed by atoms with van der Waals surface area (Å²) in [6.07, 6.45) is 0. The smallest absolute Gasteiger partial charge is 0.243 e. The highest BCUT2D eigenvalue weighted by Crippen LogP contribution is 2.27. The molecule has 0 bridgehead atoms. The average Bonchev–Trinajstić information content (AvgIpc) is 2.54. The van der Waals surface area contributed by atoms with Crippen molar-refractivity contribution < 1.29 is 8.42 Å².